The van der Waals surface area contributed by atoms with Gasteiger partial charge in [0.2, 0.25) is 5.91 Å². The number of hydrogen-bond donors (Lipinski definition) is 2. The first-order chi connectivity index (χ1) is 16.9. The van der Waals surface area contributed by atoms with Crippen LogP contribution >= 0.6 is 0 Å². The van der Waals surface area contributed by atoms with Gasteiger partial charge in [0.25, 0.3) is 0 Å². The number of carbonyl (C=O) groups is 1. The Bertz CT molecular complexity index is 1540. The van der Waals surface area contributed by atoms with Gasteiger partial charge in [-0.25, -0.2) is 9.07 Å². The van der Waals surface area contributed by atoms with Gasteiger partial charge in [-0.15, -0.1) is 0 Å². The maximum Gasteiger partial charge on any atom is 0.246 e. The van der Waals surface area contributed by atoms with Gasteiger partial charge in [-0.1, -0.05) is 36.4 Å². The summed E-state index contributed by atoms with van der Waals surface area (Å²) in [6, 6.07) is 23.6. The molecule has 6 nitrogen and oxygen atoms in total. The minimum absolute atomic E-state index is 0.301. The number of aliphatic hydroxyl groups excluding tert-OH is 1. The lowest BCUT2D eigenvalue weighted by Gasteiger charge is -2.29. The molecule has 0 spiro atoms. The van der Waals surface area contributed by atoms with E-state index in [1.54, 1.807) is 23.0 Å². The first-order valence-corrected chi connectivity index (χ1v) is 11.2. The monoisotopic (exact) mass is 469 g/mol. The molecule has 0 radical (unpaired) electrons. The number of rotatable bonds is 6. The van der Waals surface area contributed by atoms with Crippen molar-refractivity contribution in [3.63, 3.8) is 0 Å². The standard InChI is InChI=1S/C28H24FN3O3/c1-28(2,31-26(34)17-33)24-13-7-18-5-3-4-6-23(18)27(24)35-22-12-14-25-19(15-22)16-30-32(25)21-10-8-20(29)9-11-21/h3-16,33H,17H2,1-2H3,(H,31,34). The summed E-state index contributed by atoms with van der Waals surface area (Å²) in [6.07, 6.45) is 1.74. The summed E-state index contributed by atoms with van der Waals surface area (Å²) in [5.41, 5.74) is 1.60. The molecule has 176 valence electrons. The smallest absolute Gasteiger partial charge is 0.246 e. The Morgan fingerprint density at radius 1 is 1.03 bits per heavy atom. The van der Waals surface area contributed by atoms with Gasteiger partial charge < -0.3 is 15.2 Å². The lowest BCUT2D eigenvalue weighted by atomic mass is 9.90. The van der Waals surface area contributed by atoms with Crippen LogP contribution < -0.4 is 10.1 Å². The molecule has 0 bridgehead atoms. The van der Waals surface area contributed by atoms with Crippen LogP contribution in [-0.2, 0) is 10.3 Å². The molecular weight excluding hydrogens is 445 g/mol. The second kappa shape index (κ2) is 8.85. The summed E-state index contributed by atoms with van der Waals surface area (Å²) >= 11 is 0. The fraction of sp³-hybridized carbons (Fsp3) is 0.143. The van der Waals surface area contributed by atoms with Crippen LogP contribution in [0, 0.1) is 5.82 Å². The molecule has 0 unspecified atom stereocenters. The van der Waals surface area contributed by atoms with Crippen LogP contribution in [0.4, 0.5) is 4.39 Å². The number of nitrogens with zero attached hydrogens (tertiary/aromatic N) is 2. The fourth-order valence-corrected chi connectivity index (χ4v) is 4.28. The third-order valence-electron chi connectivity index (χ3n) is 5.98. The van der Waals surface area contributed by atoms with Crippen LogP contribution in [0.5, 0.6) is 11.5 Å². The van der Waals surface area contributed by atoms with E-state index < -0.39 is 18.1 Å². The maximum atomic E-state index is 13.3. The number of nitrogens with one attached hydrogen (secondary N) is 1. The molecule has 7 heteroatoms. The highest BCUT2D eigenvalue weighted by Crippen LogP contribution is 2.39. The van der Waals surface area contributed by atoms with Crippen LogP contribution in [-0.4, -0.2) is 27.4 Å². The Morgan fingerprint density at radius 3 is 2.57 bits per heavy atom. The number of aliphatic hydroxyl groups is 1. The molecule has 1 amide bonds. The van der Waals surface area contributed by atoms with Gasteiger partial charge in [0, 0.05) is 16.3 Å². The van der Waals surface area contributed by atoms with E-state index in [9.17, 15) is 14.3 Å². The lowest BCUT2D eigenvalue weighted by Crippen LogP contribution is -2.42. The van der Waals surface area contributed by atoms with Crippen LogP contribution in [0.2, 0.25) is 0 Å². The number of aromatic nitrogens is 2. The molecule has 0 fully saturated rings. The molecule has 2 N–H and O–H groups in total. The van der Waals surface area contributed by atoms with E-state index in [1.807, 2.05) is 68.4 Å². The first-order valence-electron chi connectivity index (χ1n) is 11.2. The Labute approximate surface area is 201 Å². The molecule has 0 atom stereocenters. The van der Waals surface area contributed by atoms with Crippen LogP contribution in [0.3, 0.4) is 0 Å². The molecule has 5 rings (SSSR count). The zero-order valence-corrected chi connectivity index (χ0v) is 19.3. The Balaban J connectivity index is 1.57. The summed E-state index contributed by atoms with van der Waals surface area (Å²) < 4.78 is 21.5. The predicted molar refractivity (Wildman–Crippen MR) is 133 cm³/mol. The Hall–Kier alpha value is -4.23. The van der Waals surface area contributed by atoms with E-state index in [-0.39, 0.29) is 5.82 Å². The zero-order valence-electron chi connectivity index (χ0n) is 19.3. The van der Waals surface area contributed by atoms with Gasteiger partial charge in [0.1, 0.15) is 23.9 Å². The minimum atomic E-state index is -0.795. The summed E-state index contributed by atoms with van der Waals surface area (Å²) in [6.45, 7) is 3.14. The highest BCUT2D eigenvalue weighted by Gasteiger charge is 2.28. The van der Waals surface area contributed by atoms with Crippen LogP contribution in [0.1, 0.15) is 19.4 Å². The minimum Gasteiger partial charge on any atom is -0.456 e. The van der Waals surface area contributed by atoms with Gasteiger partial charge in [-0.05, 0) is 61.7 Å². The quantitative estimate of drug-likeness (QED) is 0.347. The lowest BCUT2D eigenvalue weighted by molar-refractivity contribution is -0.125. The zero-order chi connectivity index (χ0) is 24.6. The van der Waals surface area contributed by atoms with Crippen molar-refractivity contribution in [3.8, 4) is 17.2 Å². The number of fused-ring (bicyclic) bond motifs is 2. The third-order valence-corrected chi connectivity index (χ3v) is 5.98. The summed E-state index contributed by atoms with van der Waals surface area (Å²) in [5.74, 6) is 0.461. The van der Waals surface area contributed by atoms with Crippen molar-refractivity contribution < 1.29 is 19.0 Å². The maximum absolute atomic E-state index is 13.3. The van der Waals surface area contributed by atoms with Crippen molar-refractivity contribution in [2.45, 2.75) is 19.4 Å². The molecule has 1 aromatic heterocycles. The van der Waals surface area contributed by atoms with E-state index in [0.29, 0.717) is 11.5 Å². The second-order valence-electron chi connectivity index (χ2n) is 8.85. The number of halogens is 1. The average molecular weight is 470 g/mol. The molecule has 35 heavy (non-hydrogen) atoms. The van der Waals surface area contributed by atoms with Crippen molar-refractivity contribution in [1.29, 1.82) is 0 Å². The van der Waals surface area contributed by atoms with Gasteiger partial charge >= 0.3 is 0 Å². The largest absolute Gasteiger partial charge is 0.456 e. The molecule has 4 aromatic carbocycles. The van der Waals surface area contributed by atoms with Crippen molar-refractivity contribution in [2.24, 2.45) is 0 Å². The average Bonchev–Trinajstić information content (AvgIpc) is 3.27. The van der Waals surface area contributed by atoms with Crippen molar-refractivity contribution in [3.05, 3.63) is 96.4 Å². The molecule has 0 aliphatic heterocycles. The predicted octanol–water partition coefficient (Wildman–Crippen LogP) is 5.45. The van der Waals surface area contributed by atoms with Gasteiger partial charge in [0.05, 0.1) is 22.9 Å². The topological polar surface area (TPSA) is 76.4 Å². The van der Waals surface area contributed by atoms with E-state index >= 15 is 0 Å². The summed E-state index contributed by atoms with van der Waals surface area (Å²) in [7, 11) is 0. The highest BCUT2D eigenvalue weighted by atomic mass is 19.1. The Kier molecular flexibility index (Phi) is 5.70. The number of amides is 1. The Morgan fingerprint density at radius 2 is 1.80 bits per heavy atom. The molecule has 1 heterocycles. The molecule has 5 aromatic rings. The molecule has 0 aliphatic rings. The first kappa shape index (κ1) is 22.6. The number of carbonyl (C=O) groups excluding carboxylic acids is 1. The van der Waals surface area contributed by atoms with E-state index in [4.69, 9.17) is 4.74 Å². The van der Waals surface area contributed by atoms with Crippen LogP contribution in [0.25, 0.3) is 27.4 Å². The SMILES string of the molecule is CC(C)(NC(=O)CO)c1ccc2ccccc2c1Oc1ccc2c(cnn2-c2ccc(F)cc2)c1. The van der Waals surface area contributed by atoms with E-state index in [2.05, 4.69) is 10.4 Å². The highest BCUT2D eigenvalue weighted by molar-refractivity contribution is 5.91. The van der Waals surface area contributed by atoms with Gasteiger partial charge in [0.15, 0.2) is 0 Å². The third kappa shape index (κ3) is 4.34. The number of benzene rings is 4. The summed E-state index contributed by atoms with van der Waals surface area (Å²) in [5, 5.41) is 19.3. The molecule has 0 saturated carbocycles. The number of hydrogen-bond acceptors (Lipinski definition) is 4. The molecule has 0 saturated heterocycles. The normalized spacial score (nSPS) is 11.7. The van der Waals surface area contributed by atoms with Gasteiger partial charge in [-0.2, -0.15) is 5.10 Å². The fourth-order valence-electron chi connectivity index (χ4n) is 4.28. The van der Waals surface area contributed by atoms with Crippen molar-refractivity contribution in [2.75, 3.05) is 6.61 Å². The van der Waals surface area contributed by atoms with Crippen LogP contribution in [0.15, 0.2) is 85.1 Å². The number of ether oxygens (including phenoxy) is 1. The second-order valence-corrected chi connectivity index (χ2v) is 8.85. The van der Waals surface area contributed by atoms with Gasteiger partial charge in [-0.3, -0.25) is 4.79 Å². The van der Waals surface area contributed by atoms with E-state index in [0.717, 1.165) is 32.9 Å². The summed E-state index contributed by atoms with van der Waals surface area (Å²) in [4.78, 5) is 12.0. The van der Waals surface area contributed by atoms with Crippen molar-refractivity contribution in [1.82, 2.24) is 15.1 Å². The molecule has 0 aliphatic carbocycles. The van der Waals surface area contributed by atoms with Crippen molar-refractivity contribution >= 4 is 27.6 Å². The van der Waals surface area contributed by atoms with E-state index in [1.165, 1.54) is 12.1 Å². The molecular formula is C28H24FN3O3.